The molecule has 0 aliphatic rings. The first kappa shape index (κ1) is 28.2. The molecular formula is C27H31N5O3S. The number of hydrogen-bond donors (Lipinski definition) is 4. The molecule has 1 amide bonds. The monoisotopic (exact) mass is 505 g/mol. The summed E-state index contributed by atoms with van der Waals surface area (Å²) < 4.78 is 0. The third-order valence-electron chi connectivity index (χ3n) is 5.05. The van der Waals surface area contributed by atoms with Gasteiger partial charge in [0.15, 0.2) is 0 Å². The number of fused-ring (bicyclic) bond motifs is 1. The van der Waals surface area contributed by atoms with Gasteiger partial charge in [-0.3, -0.25) is 9.59 Å². The van der Waals surface area contributed by atoms with Crippen LogP contribution in [0.15, 0.2) is 77.8 Å². The topological polar surface area (TPSA) is 134 Å². The third-order valence-corrected chi connectivity index (χ3v) is 6.01. The predicted molar refractivity (Wildman–Crippen MR) is 149 cm³/mol. The Bertz CT molecular complexity index is 1280. The molecule has 0 atom stereocenters. The number of H-pyrrole nitrogens is 1. The summed E-state index contributed by atoms with van der Waals surface area (Å²) in [6.07, 6.45) is 3.99. The number of rotatable bonds is 9. The Morgan fingerprint density at radius 1 is 1.00 bits per heavy atom. The fourth-order valence-electron chi connectivity index (χ4n) is 3.59. The van der Waals surface area contributed by atoms with E-state index in [0.717, 1.165) is 51.0 Å². The lowest BCUT2D eigenvalue weighted by atomic mass is 10.1. The number of aromatic nitrogens is 1. The molecule has 8 nitrogen and oxygen atoms in total. The van der Waals surface area contributed by atoms with Crippen molar-refractivity contribution < 1.29 is 14.4 Å². The number of thioether (sulfide) groups is 1. The van der Waals surface area contributed by atoms with Crippen LogP contribution in [0.4, 0.5) is 17.1 Å². The van der Waals surface area contributed by atoms with Crippen LogP contribution < -0.4 is 21.7 Å². The van der Waals surface area contributed by atoms with Crippen molar-refractivity contribution in [1.29, 1.82) is 0 Å². The molecule has 0 spiro atoms. The Hall–Kier alpha value is -4.08. The van der Waals surface area contributed by atoms with E-state index in [-0.39, 0.29) is 6.41 Å². The van der Waals surface area contributed by atoms with Gasteiger partial charge in [0.2, 0.25) is 6.41 Å². The van der Waals surface area contributed by atoms with Crippen molar-refractivity contribution in [3.8, 4) is 0 Å². The minimum atomic E-state index is 0.250. The smallest absolute Gasteiger partial charge is 0.204 e. The zero-order valence-electron chi connectivity index (χ0n) is 20.3. The second-order valence-corrected chi connectivity index (χ2v) is 8.45. The first-order valence-electron chi connectivity index (χ1n) is 11.1. The molecule has 3 aromatic carbocycles. The Balaban J connectivity index is 0.000000850. The maximum atomic E-state index is 11.1. The van der Waals surface area contributed by atoms with Gasteiger partial charge in [0.1, 0.15) is 12.6 Å². The fourth-order valence-corrected chi connectivity index (χ4v) is 4.37. The molecule has 1 aromatic heterocycles. The third kappa shape index (κ3) is 7.72. The second-order valence-electron chi connectivity index (χ2n) is 7.39. The summed E-state index contributed by atoms with van der Waals surface area (Å²) in [7, 11) is 3.52. The van der Waals surface area contributed by atoms with E-state index in [1.54, 1.807) is 6.07 Å². The Morgan fingerprint density at radius 3 is 2.47 bits per heavy atom. The number of aldehydes is 2. The Morgan fingerprint density at radius 2 is 1.75 bits per heavy atom. The summed E-state index contributed by atoms with van der Waals surface area (Å²) in [5.74, 6) is 0.399. The quantitative estimate of drug-likeness (QED) is 0.196. The number of benzene rings is 3. The van der Waals surface area contributed by atoms with Crippen molar-refractivity contribution in [1.82, 2.24) is 4.98 Å². The van der Waals surface area contributed by atoms with Crippen molar-refractivity contribution in [3.05, 3.63) is 84.1 Å². The van der Waals surface area contributed by atoms with Gasteiger partial charge in [-0.2, -0.15) is 0 Å². The SMILES string of the molecule is CN.CN(Cc1cccc(C=O)c1)c1cc(Nc2c[nH]c3ccccc23)ccc1SCC=O.NC=O. The number of carbonyl (C=O) groups is 3. The minimum absolute atomic E-state index is 0.250. The summed E-state index contributed by atoms with van der Waals surface area (Å²) >= 11 is 1.51. The lowest BCUT2D eigenvalue weighted by Gasteiger charge is -2.23. The summed E-state index contributed by atoms with van der Waals surface area (Å²) in [5.41, 5.74) is 14.5. The van der Waals surface area contributed by atoms with Crippen LogP contribution in [0, 0.1) is 0 Å². The number of nitrogens with one attached hydrogen (secondary N) is 2. The summed E-state index contributed by atoms with van der Waals surface area (Å²) in [5, 5.41) is 4.63. The molecule has 0 unspecified atom stereocenters. The van der Waals surface area contributed by atoms with Crippen molar-refractivity contribution in [2.45, 2.75) is 11.4 Å². The molecule has 1 heterocycles. The van der Waals surface area contributed by atoms with Crippen LogP contribution in [0.2, 0.25) is 0 Å². The molecule has 0 saturated heterocycles. The van der Waals surface area contributed by atoms with Crippen molar-refractivity contribution in [2.75, 3.05) is 30.1 Å². The number of hydrogen-bond acceptors (Lipinski definition) is 7. The number of aromatic amines is 1. The van der Waals surface area contributed by atoms with Gasteiger partial charge in [-0.1, -0.05) is 36.4 Å². The lowest BCUT2D eigenvalue weighted by Crippen LogP contribution is -2.17. The molecule has 4 aromatic rings. The van der Waals surface area contributed by atoms with Gasteiger partial charge in [-0.05, 0) is 42.9 Å². The molecule has 4 rings (SSSR count). The van der Waals surface area contributed by atoms with Gasteiger partial charge in [0.25, 0.3) is 0 Å². The maximum absolute atomic E-state index is 11.1. The van der Waals surface area contributed by atoms with Crippen LogP contribution >= 0.6 is 11.8 Å². The normalized spacial score (nSPS) is 9.75. The molecule has 188 valence electrons. The number of nitrogens with two attached hydrogens (primary N) is 2. The molecule has 0 aliphatic heterocycles. The first-order valence-corrected chi connectivity index (χ1v) is 12.1. The van der Waals surface area contributed by atoms with Crippen LogP contribution in [0.5, 0.6) is 0 Å². The lowest BCUT2D eigenvalue weighted by molar-refractivity contribution is -0.107. The number of para-hydroxylation sites is 1. The Labute approximate surface area is 215 Å². The van der Waals surface area contributed by atoms with Gasteiger partial charge >= 0.3 is 0 Å². The van der Waals surface area contributed by atoms with E-state index in [1.165, 1.54) is 18.8 Å². The van der Waals surface area contributed by atoms with Crippen LogP contribution in [0.1, 0.15) is 15.9 Å². The molecule has 0 bridgehead atoms. The number of anilines is 3. The number of amides is 1. The number of primary amides is 1. The average Bonchev–Trinajstić information content (AvgIpc) is 3.32. The van der Waals surface area contributed by atoms with Crippen LogP contribution in [-0.4, -0.2) is 43.8 Å². The molecule has 6 N–H and O–H groups in total. The number of carbonyl (C=O) groups excluding carboxylic acids is 3. The van der Waals surface area contributed by atoms with Gasteiger partial charge in [-0.15, -0.1) is 11.8 Å². The predicted octanol–water partition coefficient (Wildman–Crippen LogP) is 4.33. The highest BCUT2D eigenvalue weighted by Crippen LogP contribution is 2.35. The largest absolute Gasteiger partial charge is 0.372 e. The Kier molecular flexibility index (Phi) is 11.8. The fraction of sp³-hybridized carbons (Fsp3) is 0.148. The van der Waals surface area contributed by atoms with Gasteiger partial charge in [0, 0.05) is 46.8 Å². The van der Waals surface area contributed by atoms with E-state index in [1.807, 2.05) is 61.8 Å². The molecule has 0 aliphatic carbocycles. The first-order chi connectivity index (χ1) is 17.6. The summed E-state index contributed by atoms with van der Waals surface area (Å²) in [4.78, 5) is 37.1. The molecule has 9 heteroatoms. The van der Waals surface area contributed by atoms with E-state index in [0.29, 0.717) is 17.9 Å². The van der Waals surface area contributed by atoms with E-state index in [4.69, 9.17) is 4.79 Å². The van der Waals surface area contributed by atoms with Gasteiger partial charge < -0.3 is 31.5 Å². The zero-order valence-corrected chi connectivity index (χ0v) is 21.1. The van der Waals surface area contributed by atoms with E-state index >= 15 is 0 Å². The highest BCUT2D eigenvalue weighted by molar-refractivity contribution is 8.00. The van der Waals surface area contributed by atoms with Gasteiger partial charge in [0.05, 0.1) is 17.1 Å². The molecular weight excluding hydrogens is 474 g/mol. The molecule has 0 saturated carbocycles. The molecule has 0 fully saturated rings. The summed E-state index contributed by atoms with van der Waals surface area (Å²) in [6, 6.07) is 21.9. The highest BCUT2D eigenvalue weighted by Gasteiger charge is 2.12. The van der Waals surface area contributed by atoms with E-state index in [2.05, 4.69) is 38.8 Å². The van der Waals surface area contributed by atoms with Crippen LogP contribution in [0.25, 0.3) is 10.9 Å². The van der Waals surface area contributed by atoms with Crippen molar-refractivity contribution in [2.24, 2.45) is 11.5 Å². The number of nitrogens with zero attached hydrogens (tertiary/aromatic N) is 1. The minimum Gasteiger partial charge on any atom is -0.372 e. The maximum Gasteiger partial charge on any atom is 0.204 e. The molecule has 0 radical (unpaired) electrons. The summed E-state index contributed by atoms with van der Waals surface area (Å²) in [6.45, 7) is 0.646. The van der Waals surface area contributed by atoms with E-state index in [9.17, 15) is 9.59 Å². The average molecular weight is 506 g/mol. The molecule has 36 heavy (non-hydrogen) atoms. The van der Waals surface area contributed by atoms with Gasteiger partial charge in [-0.25, -0.2) is 0 Å². The van der Waals surface area contributed by atoms with E-state index < -0.39 is 0 Å². The van der Waals surface area contributed by atoms with Crippen molar-refractivity contribution in [3.63, 3.8) is 0 Å². The standard InChI is InChI=1S/C25H23N3O2S.CH3NO.CH5N/c1-28(16-18-5-4-6-19(13-18)17-30)24-14-20(9-10-25(24)31-12-11-29)27-23-15-26-22-8-3-2-7-21(22)23;2-1-3;1-2/h2-11,13-15,17,26-27H,12,16H2,1H3;1H,(H2,2,3);2H2,1H3. The van der Waals surface area contributed by atoms with Crippen LogP contribution in [-0.2, 0) is 16.1 Å². The van der Waals surface area contributed by atoms with Crippen molar-refractivity contribution >= 4 is 58.7 Å². The second kappa shape index (κ2) is 15.0. The van der Waals surface area contributed by atoms with Crippen LogP contribution in [0.3, 0.4) is 0 Å². The highest BCUT2D eigenvalue weighted by atomic mass is 32.2. The zero-order chi connectivity index (χ0) is 26.3.